The maximum atomic E-state index is 12.0. The molecule has 0 amide bonds. The van der Waals surface area contributed by atoms with Gasteiger partial charge in [0.05, 0.1) is 23.3 Å². The van der Waals surface area contributed by atoms with Crippen LogP contribution in [0.4, 0.5) is 11.4 Å². The second kappa shape index (κ2) is 5.92. The third-order valence-electron chi connectivity index (χ3n) is 4.52. The molecule has 2 heterocycles. The number of ether oxygens (including phenoxy) is 1. The van der Waals surface area contributed by atoms with E-state index in [1.807, 2.05) is 0 Å². The molecule has 1 atom stereocenters. The standard InChI is InChI=1S/C15H19N3O4/c1-22-15(19)13-9-11(18(20)21)4-5-14(13)17-8-7-16-6-2-3-12(16)10-17/h4-5,9,12H,2-3,6-8,10H2,1H3/t12-/m0/s1. The molecule has 0 N–H and O–H groups in total. The lowest BCUT2D eigenvalue weighted by Crippen LogP contribution is -2.50. The minimum Gasteiger partial charge on any atom is -0.465 e. The number of nitrogens with zero attached hydrogens (tertiary/aromatic N) is 3. The fraction of sp³-hybridized carbons (Fsp3) is 0.533. The fourth-order valence-corrected chi connectivity index (χ4v) is 3.40. The predicted molar refractivity (Wildman–Crippen MR) is 81.2 cm³/mol. The van der Waals surface area contributed by atoms with Crippen molar-refractivity contribution in [1.29, 1.82) is 0 Å². The summed E-state index contributed by atoms with van der Waals surface area (Å²) in [6.45, 7) is 3.77. The molecule has 0 bridgehead atoms. The molecular formula is C15H19N3O4. The average molecular weight is 305 g/mol. The largest absolute Gasteiger partial charge is 0.465 e. The number of hydrogen-bond donors (Lipinski definition) is 0. The van der Waals surface area contributed by atoms with Crippen molar-refractivity contribution in [3.63, 3.8) is 0 Å². The van der Waals surface area contributed by atoms with Crippen LogP contribution in [0.5, 0.6) is 0 Å². The molecule has 0 radical (unpaired) electrons. The van der Waals surface area contributed by atoms with Gasteiger partial charge in [-0.2, -0.15) is 0 Å². The summed E-state index contributed by atoms with van der Waals surface area (Å²) in [5.41, 5.74) is 0.899. The molecule has 0 aromatic heterocycles. The zero-order valence-corrected chi connectivity index (χ0v) is 12.5. The first-order chi connectivity index (χ1) is 10.6. The van der Waals surface area contributed by atoms with Gasteiger partial charge < -0.3 is 9.64 Å². The quantitative estimate of drug-likeness (QED) is 0.480. The molecule has 2 aliphatic heterocycles. The van der Waals surface area contributed by atoms with Gasteiger partial charge >= 0.3 is 5.97 Å². The number of nitro groups is 1. The summed E-state index contributed by atoms with van der Waals surface area (Å²) in [6.07, 6.45) is 2.37. The number of methoxy groups -OCH3 is 1. The number of esters is 1. The Hall–Kier alpha value is -2.15. The molecule has 0 saturated carbocycles. The number of carbonyl (C=O) groups is 1. The maximum absolute atomic E-state index is 12.0. The van der Waals surface area contributed by atoms with Crippen LogP contribution < -0.4 is 4.90 Å². The van der Waals surface area contributed by atoms with Gasteiger partial charge in [0, 0.05) is 37.8 Å². The van der Waals surface area contributed by atoms with E-state index >= 15 is 0 Å². The van der Waals surface area contributed by atoms with Crippen LogP contribution in [0.1, 0.15) is 23.2 Å². The number of benzene rings is 1. The summed E-state index contributed by atoms with van der Waals surface area (Å²) in [4.78, 5) is 27.1. The van der Waals surface area contributed by atoms with Crippen molar-refractivity contribution in [3.05, 3.63) is 33.9 Å². The van der Waals surface area contributed by atoms with E-state index in [0.717, 1.165) is 38.3 Å². The molecule has 0 aliphatic carbocycles. The molecule has 7 nitrogen and oxygen atoms in total. The number of piperazine rings is 1. The van der Waals surface area contributed by atoms with Crippen LogP contribution in [0.25, 0.3) is 0 Å². The van der Waals surface area contributed by atoms with Crippen molar-refractivity contribution < 1.29 is 14.5 Å². The lowest BCUT2D eigenvalue weighted by Gasteiger charge is -2.39. The molecule has 2 aliphatic rings. The first-order valence-electron chi connectivity index (χ1n) is 7.46. The zero-order chi connectivity index (χ0) is 15.7. The van der Waals surface area contributed by atoms with E-state index in [-0.39, 0.29) is 11.3 Å². The summed E-state index contributed by atoms with van der Waals surface area (Å²) in [6, 6.07) is 4.93. The van der Waals surface area contributed by atoms with E-state index in [1.54, 1.807) is 6.07 Å². The van der Waals surface area contributed by atoms with Gasteiger partial charge in [-0.15, -0.1) is 0 Å². The van der Waals surface area contributed by atoms with Crippen molar-refractivity contribution in [1.82, 2.24) is 4.90 Å². The number of rotatable bonds is 3. The normalized spacial score (nSPS) is 21.5. The molecule has 7 heteroatoms. The summed E-state index contributed by atoms with van der Waals surface area (Å²) in [7, 11) is 1.29. The Morgan fingerprint density at radius 3 is 2.91 bits per heavy atom. The molecule has 1 aromatic carbocycles. The van der Waals surface area contributed by atoms with Crippen molar-refractivity contribution in [2.45, 2.75) is 18.9 Å². The monoisotopic (exact) mass is 305 g/mol. The predicted octanol–water partition coefficient (Wildman–Crippen LogP) is 1.67. The van der Waals surface area contributed by atoms with Gasteiger partial charge in [-0.3, -0.25) is 15.0 Å². The first-order valence-corrected chi connectivity index (χ1v) is 7.46. The van der Waals surface area contributed by atoms with Crippen LogP contribution in [-0.4, -0.2) is 55.1 Å². The maximum Gasteiger partial charge on any atom is 0.340 e. The number of non-ortho nitro benzene ring substituents is 1. The highest BCUT2D eigenvalue weighted by molar-refractivity contribution is 5.96. The molecule has 1 aromatic rings. The molecule has 2 saturated heterocycles. The number of fused-ring (bicyclic) bond motifs is 1. The Bertz CT molecular complexity index is 604. The molecular weight excluding hydrogens is 286 g/mol. The SMILES string of the molecule is COC(=O)c1cc([N+](=O)[O-])ccc1N1CCN2CCC[C@H]2C1. The first kappa shape index (κ1) is 14.8. The van der Waals surface area contributed by atoms with Crippen molar-refractivity contribution >= 4 is 17.3 Å². The van der Waals surface area contributed by atoms with Gasteiger partial charge in [-0.1, -0.05) is 0 Å². The van der Waals surface area contributed by atoms with Crippen molar-refractivity contribution in [3.8, 4) is 0 Å². The molecule has 0 spiro atoms. The minimum absolute atomic E-state index is 0.0938. The molecule has 2 fully saturated rings. The highest BCUT2D eigenvalue weighted by Gasteiger charge is 2.32. The number of carbonyl (C=O) groups excluding carboxylic acids is 1. The Morgan fingerprint density at radius 2 is 2.18 bits per heavy atom. The minimum atomic E-state index is -0.535. The Labute approximate surface area is 128 Å². The van der Waals surface area contributed by atoms with Gasteiger partial charge in [0.2, 0.25) is 0 Å². The lowest BCUT2D eigenvalue weighted by molar-refractivity contribution is -0.384. The number of nitro benzene ring substituents is 1. The van der Waals surface area contributed by atoms with Crippen LogP contribution >= 0.6 is 0 Å². The second-order valence-corrected chi connectivity index (χ2v) is 5.73. The lowest BCUT2D eigenvalue weighted by atomic mass is 10.1. The second-order valence-electron chi connectivity index (χ2n) is 5.73. The van der Waals surface area contributed by atoms with Crippen LogP contribution in [0.2, 0.25) is 0 Å². The number of anilines is 1. The topological polar surface area (TPSA) is 75.9 Å². The Morgan fingerprint density at radius 1 is 1.36 bits per heavy atom. The average Bonchev–Trinajstić information content (AvgIpc) is 3.00. The van der Waals surface area contributed by atoms with Crippen molar-refractivity contribution in [2.24, 2.45) is 0 Å². The summed E-state index contributed by atoms with van der Waals surface area (Å²) >= 11 is 0. The smallest absolute Gasteiger partial charge is 0.340 e. The highest BCUT2D eigenvalue weighted by atomic mass is 16.6. The number of hydrogen-bond acceptors (Lipinski definition) is 6. The van der Waals surface area contributed by atoms with Crippen molar-refractivity contribution in [2.75, 3.05) is 38.2 Å². The van der Waals surface area contributed by atoms with Crippen LogP contribution in [-0.2, 0) is 4.74 Å². The van der Waals surface area contributed by atoms with Crippen LogP contribution in [0.15, 0.2) is 18.2 Å². The third kappa shape index (κ3) is 2.64. The molecule has 3 rings (SSSR count). The Kier molecular flexibility index (Phi) is 3.98. The zero-order valence-electron chi connectivity index (χ0n) is 12.5. The van der Waals surface area contributed by atoms with E-state index < -0.39 is 10.9 Å². The van der Waals surface area contributed by atoms with Gasteiger partial charge in [-0.05, 0) is 25.5 Å². The third-order valence-corrected chi connectivity index (χ3v) is 4.52. The van der Waals surface area contributed by atoms with Crippen LogP contribution in [0.3, 0.4) is 0 Å². The van der Waals surface area contributed by atoms with Gasteiger partial charge in [-0.25, -0.2) is 4.79 Å². The molecule has 0 unspecified atom stereocenters. The van der Waals surface area contributed by atoms with Gasteiger partial charge in [0.1, 0.15) is 0 Å². The summed E-state index contributed by atoms with van der Waals surface area (Å²) in [5, 5.41) is 10.9. The van der Waals surface area contributed by atoms with Gasteiger partial charge in [0.25, 0.3) is 5.69 Å². The van der Waals surface area contributed by atoms with E-state index in [1.165, 1.54) is 25.7 Å². The molecule has 22 heavy (non-hydrogen) atoms. The van der Waals surface area contributed by atoms with E-state index in [0.29, 0.717) is 6.04 Å². The Balaban J connectivity index is 1.91. The van der Waals surface area contributed by atoms with E-state index in [9.17, 15) is 14.9 Å². The van der Waals surface area contributed by atoms with Gasteiger partial charge in [0.15, 0.2) is 0 Å². The molecule has 118 valence electrons. The highest BCUT2D eigenvalue weighted by Crippen LogP contribution is 2.30. The van der Waals surface area contributed by atoms with E-state index in [4.69, 9.17) is 4.74 Å². The van der Waals surface area contributed by atoms with Crippen LogP contribution in [0, 0.1) is 10.1 Å². The summed E-state index contributed by atoms with van der Waals surface area (Å²) in [5.74, 6) is -0.535. The fourth-order valence-electron chi connectivity index (χ4n) is 3.40. The van der Waals surface area contributed by atoms with E-state index in [2.05, 4.69) is 9.80 Å². The summed E-state index contributed by atoms with van der Waals surface area (Å²) < 4.78 is 4.79.